The first-order valence-electron chi connectivity index (χ1n) is 11.6. The Morgan fingerprint density at radius 2 is 1.76 bits per heavy atom. The summed E-state index contributed by atoms with van der Waals surface area (Å²) in [5, 5.41) is 6.12. The SMILES string of the molecule is O=C(NCC1COCCN1C(=O)c1ccc(-c2ccccc2)cc1)c1ccc(-c2noc(C(F)(F)F)n2)s1. The fourth-order valence-electron chi connectivity index (χ4n) is 4.01. The van der Waals surface area contributed by atoms with E-state index in [0.717, 1.165) is 22.5 Å². The first kappa shape index (κ1) is 25.6. The molecule has 38 heavy (non-hydrogen) atoms. The monoisotopic (exact) mass is 542 g/mol. The standard InChI is InChI=1S/C26H21F3N4O4S/c27-26(28,29)25-31-22(32-37-25)20-10-11-21(38-20)23(34)30-14-19-15-36-13-12-33(19)24(35)18-8-6-17(7-9-18)16-4-2-1-3-5-16/h1-11,19H,12-15H2,(H,30,34). The molecule has 2 aromatic heterocycles. The van der Waals surface area contributed by atoms with Gasteiger partial charge in [0.1, 0.15) is 0 Å². The van der Waals surface area contributed by atoms with Crippen LogP contribution in [0.1, 0.15) is 25.9 Å². The fourth-order valence-corrected chi connectivity index (χ4v) is 4.86. The Labute approximate surface area is 219 Å². The minimum absolute atomic E-state index is 0.139. The Hall–Kier alpha value is -4.03. The number of alkyl halides is 3. The quantitative estimate of drug-likeness (QED) is 0.378. The Balaban J connectivity index is 1.22. The van der Waals surface area contributed by atoms with Crippen molar-refractivity contribution in [3.05, 3.63) is 83.1 Å². The largest absolute Gasteiger partial charge is 0.471 e. The lowest BCUT2D eigenvalue weighted by atomic mass is 10.0. The van der Waals surface area contributed by atoms with Gasteiger partial charge in [-0.1, -0.05) is 47.6 Å². The van der Waals surface area contributed by atoms with Crippen molar-refractivity contribution in [2.75, 3.05) is 26.3 Å². The fraction of sp³-hybridized carbons (Fsp3) is 0.231. The Bertz CT molecular complexity index is 1420. The third-order valence-electron chi connectivity index (χ3n) is 5.94. The summed E-state index contributed by atoms with van der Waals surface area (Å²) in [5.74, 6) is -2.31. The van der Waals surface area contributed by atoms with Crippen molar-refractivity contribution in [2.45, 2.75) is 12.2 Å². The molecular weight excluding hydrogens is 521 g/mol. The lowest BCUT2D eigenvalue weighted by Gasteiger charge is -2.35. The maximum absolute atomic E-state index is 13.3. The average Bonchev–Trinajstić information content (AvgIpc) is 3.63. The normalized spacial score (nSPS) is 15.9. The molecule has 1 fully saturated rings. The van der Waals surface area contributed by atoms with Crippen LogP contribution in [0.3, 0.4) is 0 Å². The van der Waals surface area contributed by atoms with E-state index in [1.165, 1.54) is 12.1 Å². The molecule has 1 N–H and O–H groups in total. The zero-order valence-corrected chi connectivity index (χ0v) is 20.6. The highest BCUT2D eigenvalue weighted by Crippen LogP contribution is 2.31. The van der Waals surface area contributed by atoms with E-state index in [4.69, 9.17) is 4.74 Å². The van der Waals surface area contributed by atoms with E-state index in [2.05, 4.69) is 20.0 Å². The van der Waals surface area contributed by atoms with E-state index in [1.807, 2.05) is 42.5 Å². The summed E-state index contributed by atoms with van der Waals surface area (Å²) in [6, 6.07) is 19.7. The van der Waals surface area contributed by atoms with Gasteiger partial charge in [0.15, 0.2) is 0 Å². The highest BCUT2D eigenvalue weighted by atomic mass is 32.1. The minimum atomic E-state index is -4.75. The molecule has 12 heteroatoms. The number of benzene rings is 2. The van der Waals surface area contributed by atoms with Crippen LogP contribution >= 0.6 is 11.3 Å². The highest BCUT2D eigenvalue weighted by Gasteiger charge is 2.38. The number of carbonyl (C=O) groups is 2. The molecule has 1 atom stereocenters. The lowest BCUT2D eigenvalue weighted by Crippen LogP contribution is -2.53. The van der Waals surface area contributed by atoms with Gasteiger partial charge in [0.05, 0.1) is 29.0 Å². The second-order valence-electron chi connectivity index (χ2n) is 8.47. The Morgan fingerprint density at radius 3 is 2.47 bits per heavy atom. The average molecular weight is 543 g/mol. The number of aromatic nitrogens is 2. The van der Waals surface area contributed by atoms with Gasteiger partial charge in [-0.2, -0.15) is 18.2 Å². The molecule has 4 aromatic rings. The van der Waals surface area contributed by atoms with Gasteiger partial charge in [-0.3, -0.25) is 9.59 Å². The van der Waals surface area contributed by atoms with Gasteiger partial charge >= 0.3 is 12.1 Å². The maximum atomic E-state index is 13.3. The van der Waals surface area contributed by atoms with Gasteiger partial charge in [-0.15, -0.1) is 11.3 Å². The lowest BCUT2D eigenvalue weighted by molar-refractivity contribution is -0.159. The Morgan fingerprint density at radius 1 is 1.03 bits per heavy atom. The third kappa shape index (κ3) is 5.60. The van der Waals surface area contributed by atoms with E-state index in [0.29, 0.717) is 18.7 Å². The summed E-state index contributed by atoms with van der Waals surface area (Å²) in [6.45, 7) is 1.16. The van der Waals surface area contributed by atoms with Crippen molar-refractivity contribution >= 4 is 23.2 Å². The van der Waals surface area contributed by atoms with Crippen LogP contribution in [0.5, 0.6) is 0 Å². The molecule has 196 valence electrons. The number of hydrogen-bond acceptors (Lipinski definition) is 7. The number of morpholine rings is 1. The van der Waals surface area contributed by atoms with E-state index in [-0.39, 0.29) is 40.7 Å². The van der Waals surface area contributed by atoms with Crippen LogP contribution in [0.4, 0.5) is 13.2 Å². The first-order chi connectivity index (χ1) is 18.3. The summed E-state index contributed by atoms with van der Waals surface area (Å²) < 4.78 is 47.9. The number of nitrogens with zero attached hydrogens (tertiary/aromatic N) is 3. The van der Waals surface area contributed by atoms with E-state index in [9.17, 15) is 22.8 Å². The van der Waals surface area contributed by atoms with Crippen LogP contribution in [0.25, 0.3) is 21.8 Å². The zero-order chi connectivity index (χ0) is 26.7. The highest BCUT2D eigenvalue weighted by molar-refractivity contribution is 7.17. The number of ether oxygens (including phenoxy) is 1. The summed E-state index contributed by atoms with van der Waals surface area (Å²) in [5.41, 5.74) is 2.58. The number of hydrogen-bond donors (Lipinski definition) is 1. The molecule has 0 saturated carbocycles. The first-order valence-corrected chi connectivity index (χ1v) is 12.4. The number of thiophene rings is 1. The van der Waals surface area contributed by atoms with Gasteiger partial charge in [0, 0.05) is 18.7 Å². The van der Waals surface area contributed by atoms with Crippen LogP contribution in [0.15, 0.2) is 71.3 Å². The molecule has 8 nitrogen and oxygen atoms in total. The van der Waals surface area contributed by atoms with Crippen LogP contribution in [-0.2, 0) is 10.9 Å². The van der Waals surface area contributed by atoms with Crippen LogP contribution in [0.2, 0.25) is 0 Å². The molecule has 2 amide bonds. The van der Waals surface area contributed by atoms with Crippen LogP contribution in [-0.4, -0.2) is 59.2 Å². The van der Waals surface area contributed by atoms with Crippen molar-refractivity contribution in [3.8, 4) is 21.8 Å². The smallest absolute Gasteiger partial charge is 0.377 e. The second-order valence-corrected chi connectivity index (χ2v) is 9.55. The van der Waals surface area contributed by atoms with Gasteiger partial charge in [-0.05, 0) is 35.4 Å². The summed E-state index contributed by atoms with van der Waals surface area (Å²) >= 11 is 0.932. The van der Waals surface area contributed by atoms with Crippen molar-refractivity contribution in [1.82, 2.24) is 20.4 Å². The molecule has 5 rings (SSSR count). The number of halogens is 3. The van der Waals surface area contributed by atoms with Gasteiger partial charge < -0.3 is 19.5 Å². The number of amides is 2. The molecule has 0 radical (unpaired) electrons. The Kier molecular flexibility index (Phi) is 7.25. The topological polar surface area (TPSA) is 97.6 Å². The molecule has 0 spiro atoms. The third-order valence-corrected chi connectivity index (χ3v) is 7.02. The molecule has 0 aliphatic carbocycles. The number of carbonyl (C=O) groups excluding carboxylic acids is 2. The van der Waals surface area contributed by atoms with Crippen LogP contribution < -0.4 is 5.32 Å². The molecule has 1 unspecified atom stereocenters. The van der Waals surface area contributed by atoms with E-state index >= 15 is 0 Å². The molecule has 3 heterocycles. The summed E-state index contributed by atoms with van der Waals surface area (Å²) in [7, 11) is 0. The van der Waals surface area contributed by atoms with Gasteiger partial charge in [0.25, 0.3) is 11.8 Å². The molecule has 1 aliphatic heterocycles. The van der Waals surface area contributed by atoms with Crippen molar-refractivity contribution < 1.29 is 32.0 Å². The number of nitrogens with one attached hydrogen (secondary N) is 1. The van der Waals surface area contributed by atoms with Crippen molar-refractivity contribution in [3.63, 3.8) is 0 Å². The molecular formula is C26H21F3N4O4S. The maximum Gasteiger partial charge on any atom is 0.471 e. The second kappa shape index (κ2) is 10.8. The van der Waals surface area contributed by atoms with E-state index < -0.39 is 18.0 Å². The molecule has 1 aliphatic rings. The predicted octanol–water partition coefficient (Wildman–Crippen LogP) is 4.75. The molecule has 2 aromatic carbocycles. The van der Waals surface area contributed by atoms with Crippen molar-refractivity contribution in [2.24, 2.45) is 0 Å². The summed E-state index contributed by atoms with van der Waals surface area (Å²) in [6.07, 6.45) is -4.75. The van der Waals surface area contributed by atoms with E-state index in [1.54, 1.807) is 17.0 Å². The van der Waals surface area contributed by atoms with Crippen LogP contribution in [0, 0.1) is 0 Å². The van der Waals surface area contributed by atoms with Gasteiger partial charge in [-0.25, -0.2) is 0 Å². The number of rotatable bonds is 6. The predicted molar refractivity (Wildman–Crippen MR) is 132 cm³/mol. The molecule has 0 bridgehead atoms. The van der Waals surface area contributed by atoms with Gasteiger partial charge in [0.2, 0.25) is 5.82 Å². The van der Waals surface area contributed by atoms with Crippen molar-refractivity contribution in [1.29, 1.82) is 0 Å². The summed E-state index contributed by atoms with van der Waals surface area (Å²) in [4.78, 5) is 31.5. The zero-order valence-electron chi connectivity index (χ0n) is 19.8. The molecule has 1 saturated heterocycles. The minimum Gasteiger partial charge on any atom is -0.377 e.